The fraction of sp³-hybridized carbons (Fsp3) is 0.256. The van der Waals surface area contributed by atoms with Crippen LogP contribution in [0.25, 0.3) is 10.1 Å². The molecule has 1 aromatic heterocycles. The zero-order valence-corrected chi connectivity index (χ0v) is 29.7. The second-order valence-corrected chi connectivity index (χ2v) is 12.3. The second kappa shape index (κ2) is 17.5. The molecule has 1 heterocycles. The number of anilines is 1. The van der Waals surface area contributed by atoms with E-state index >= 15 is 0 Å². The summed E-state index contributed by atoms with van der Waals surface area (Å²) >= 11 is 1.18. The average Bonchev–Trinajstić information content (AvgIpc) is 3.60. The minimum Gasteiger partial charge on any atom is -0.497 e. The fourth-order valence-corrected chi connectivity index (χ4v) is 6.25. The molecule has 0 aliphatic rings. The molecule has 51 heavy (non-hydrogen) atoms. The van der Waals surface area contributed by atoms with Gasteiger partial charge < -0.3 is 23.7 Å². The van der Waals surface area contributed by atoms with Crippen LogP contribution in [0.2, 0.25) is 0 Å². The summed E-state index contributed by atoms with van der Waals surface area (Å²) in [6.07, 6.45) is -0.341. The van der Waals surface area contributed by atoms with E-state index in [2.05, 4.69) is 0 Å². The molecule has 0 radical (unpaired) electrons. The summed E-state index contributed by atoms with van der Waals surface area (Å²) in [6, 6.07) is 23.7. The molecule has 3 amide bonds. The Labute approximate surface area is 299 Å². The highest BCUT2D eigenvalue weighted by molar-refractivity contribution is 7.17. The van der Waals surface area contributed by atoms with Crippen LogP contribution >= 0.6 is 11.3 Å². The summed E-state index contributed by atoms with van der Waals surface area (Å²) < 4.78 is 42.4. The molecule has 0 saturated heterocycles. The van der Waals surface area contributed by atoms with Gasteiger partial charge in [0.05, 0.1) is 51.5 Å². The SMILES string of the molecule is COc1ccc(COCCOc2ccc(C(=O)CCC(=O)N(C)C(=O)N(Cc3ccc(OC)cc3)c3csc4c(F)cccc34)cc2OC)cc1. The predicted molar refractivity (Wildman–Crippen MR) is 194 cm³/mol. The molecule has 0 aliphatic heterocycles. The highest BCUT2D eigenvalue weighted by atomic mass is 32.1. The van der Waals surface area contributed by atoms with Crippen LogP contribution in [0, 0.1) is 5.82 Å². The molecule has 0 fully saturated rings. The van der Waals surface area contributed by atoms with Crippen molar-refractivity contribution in [3.8, 4) is 23.0 Å². The number of amides is 3. The minimum atomic E-state index is -0.608. The van der Waals surface area contributed by atoms with Gasteiger partial charge in [-0.25, -0.2) is 9.18 Å². The van der Waals surface area contributed by atoms with Crippen molar-refractivity contribution in [3.63, 3.8) is 0 Å². The molecule has 5 aromatic rings. The number of methoxy groups -OCH3 is 3. The maximum Gasteiger partial charge on any atom is 0.331 e. The molecular weight excluding hydrogens is 676 g/mol. The summed E-state index contributed by atoms with van der Waals surface area (Å²) in [7, 11) is 6.03. The Morgan fingerprint density at radius 2 is 1.45 bits per heavy atom. The lowest BCUT2D eigenvalue weighted by molar-refractivity contribution is -0.127. The number of hydrogen-bond donors (Lipinski definition) is 0. The summed E-state index contributed by atoms with van der Waals surface area (Å²) in [5, 5.41) is 2.26. The average molecular weight is 715 g/mol. The van der Waals surface area contributed by atoms with E-state index in [0.29, 0.717) is 51.8 Å². The number of benzene rings is 4. The van der Waals surface area contributed by atoms with E-state index in [1.165, 1.54) is 36.5 Å². The van der Waals surface area contributed by atoms with Crippen molar-refractivity contribution in [2.24, 2.45) is 0 Å². The number of fused-ring (bicyclic) bond motifs is 1. The van der Waals surface area contributed by atoms with Crippen LogP contribution in [-0.4, -0.2) is 64.2 Å². The number of ketones is 1. The van der Waals surface area contributed by atoms with Crippen LogP contribution in [0.5, 0.6) is 23.0 Å². The van der Waals surface area contributed by atoms with E-state index in [0.717, 1.165) is 21.8 Å². The van der Waals surface area contributed by atoms with Gasteiger partial charge in [0, 0.05) is 36.2 Å². The van der Waals surface area contributed by atoms with Crippen molar-refractivity contribution in [1.29, 1.82) is 0 Å². The molecule has 0 unspecified atom stereocenters. The normalized spacial score (nSPS) is 10.8. The monoisotopic (exact) mass is 714 g/mol. The Kier molecular flexibility index (Phi) is 12.6. The van der Waals surface area contributed by atoms with Crippen molar-refractivity contribution >= 4 is 44.8 Å². The number of nitrogens with zero attached hydrogens (tertiary/aromatic N) is 2. The lowest BCUT2D eigenvalue weighted by atomic mass is 10.1. The topological polar surface area (TPSA) is 104 Å². The summed E-state index contributed by atoms with van der Waals surface area (Å²) in [4.78, 5) is 42.8. The van der Waals surface area contributed by atoms with Crippen LogP contribution in [0.1, 0.15) is 34.3 Å². The van der Waals surface area contributed by atoms with Crippen molar-refractivity contribution < 1.29 is 42.5 Å². The molecule has 4 aromatic carbocycles. The molecule has 5 rings (SSSR count). The number of rotatable bonds is 16. The Hall–Kier alpha value is -5.46. The molecular formula is C39H39FN2O8S. The molecule has 0 N–H and O–H groups in total. The first kappa shape index (κ1) is 36.8. The first-order valence-electron chi connectivity index (χ1n) is 16.1. The maximum absolute atomic E-state index is 14.6. The van der Waals surface area contributed by atoms with Gasteiger partial charge in [-0.3, -0.25) is 19.4 Å². The Bertz CT molecular complexity index is 1960. The number of ether oxygens (including phenoxy) is 5. The number of hydrogen-bond acceptors (Lipinski definition) is 9. The van der Waals surface area contributed by atoms with Crippen molar-refractivity contribution in [2.75, 3.05) is 46.5 Å². The third-order valence-corrected chi connectivity index (χ3v) is 9.17. The van der Waals surface area contributed by atoms with Gasteiger partial charge in [-0.05, 0) is 59.7 Å². The van der Waals surface area contributed by atoms with Crippen LogP contribution < -0.4 is 23.8 Å². The van der Waals surface area contributed by atoms with Crippen LogP contribution in [0.4, 0.5) is 14.9 Å². The van der Waals surface area contributed by atoms with E-state index < -0.39 is 17.8 Å². The Morgan fingerprint density at radius 1 is 0.765 bits per heavy atom. The van der Waals surface area contributed by atoms with Gasteiger partial charge in [0.25, 0.3) is 0 Å². The minimum absolute atomic E-state index is 0.116. The predicted octanol–water partition coefficient (Wildman–Crippen LogP) is 7.91. The summed E-state index contributed by atoms with van der Waals surface area (Å²) in [5.41, 5.74) is 2.59. The van der Waals surface area contributed by atoms with Gasteiger partial charge in [0.1, 0.15) is 23.9 Å². The summed E-state index contributed by atoms with van der Waals surface area (Å²) in [6.45, 7) is 1.13. The van der Waals surface area contributed by atoms with Crippen molar-refractivity contribution in [3.05, 3.63) is 113 Å². The highest BCUT2D eigenvalue weighted by Gasteiger charge is 2.27. The summed E-state index contributed by atoms with van der Waals surface area (Å²) in [5.74, 6) is 1.00. The smallest absolute Gasteiger partial charge is 0.331 e. The number of urea groups is 1. The maximum atomic E-state index is 14.6. The number of carbonyl (C=O) groups is 3. The number of carbonyl (C=O) groups excluding carboxylic acids is 3. The third kappa shape index (κ3) is 9.21. The lowest BCUT2D eigenvalue weighted by Crippen LogP contribution is -2.44. The Morgan fingerprint density at radius 3 is 2.12 bits per heavy atom. The highest BCUT2D eigenvalue weighted by Crippen LogP contribution is 2.36. The van der Waals surface area contributed by atoms with E-state index in [-0.39, 0.29) is 31.8 Å². The number of imide groups is 1. The van der Waals surface area contributed by atoms with Crippen LogP contribution in [-0.2, 0) is 22.7 Å². The van der Waals surface area contributed by atoms with Gasteiger partial charge >= 0.3 is 6.03 Å². The van der Waals surface area contributed by atoms with Crippen molar-refractivity contribution in [2.45, 2.75) is 26.0 Å². The standard InChI is InChI=1S/C39H39FN2O8S/c1-41(39(45)42(23-26-8-13-29(46-2)14-9-26)33-25-51-38-31(33)6-5-7-32(38)40)37(44)19-17-34(43)28-12-18-35(36(22-28)48-4)50-21-20-49-24-27-10-15-30(47-3)16-11-27/h5-16,18,22,25H,17,19-21,23-24H2,1-4H3. The van der Waals surface area contributed by atoms with Crippen LogP contribution in [0.15, 0.2) is 90.3 Å². The number of thiophene rings is 1. The second-order valence-electron chi connectivity index (χ2n) is 11.4. The van der Waals surface area contributed by atoms with Gasteiger partial charge in [0.2, 0.25) is 5.91 Å². The van der Waals surface area contributed by atoms with Crippen molar-refractivity contribution in [1.82, 2.24) is 4.90 Å². The molecule has 0 spiro atoms. The first-order chi connectivity index (χ1) is 24.7. The molecule has 12 heteroatoms. The van der Waals surface area contributed by atoms with E-state index in [1.807, 2.05) is 36.4 Å². The van der Waals surface area contributed by atoms with Crippen LogP contribution in [0.3, 0.4) is 0 Å². The molecule has 0 atom stereocenters. The van der Waals surface area contributed by atoms with E-state index in [4.69, 9.17) is 23.7 Å². The number of halogens is 1. The number of Topliss-reactive ketones (excluding diaryl/α,β-unsaturated/α-hetero) is 1. The molecule has 266 valence electrons. The first-order valence-corrected chi connectivity index (χ1v) is 17.0. The van der Waals surface area contributed by atoms with Gasteiger partial charge in [-0.1, -0.05) is 36.4 Å². The zero-order valence-electron chi connectivity index (χ0n) is 28.8. The third-order valence-electron chi connectivity index (χ3n) is 8.18. The van der Waals surface area contributed by atoms with Gasteiger partial charge in [0.15, 0.2) is 17.3 Å². The van der Waals surface area contributed by atoms with Gasteiger partial charge in [-0.15, -0.1) is 11.3 Å². The fourth-order valence-electron chi connectivity index (χ4n) is 5.29. The van der Waals surface area contributed by atoms with E-state index in [1.54, 1.807) is 62.1 Å². The zero-order chi connectivity index (χ0) is 36.3. The lowest BCUT2D eigenvalue weighted by Gasteiger charge is -2.27. The molecule has 0 aliphatic carbocycles. The van der Waals surface area contributed by atoms with E-state index in [9.17, 15) is 18.8 Å². The largest absolute Gasteiger partial charge is 0.497 e. The Balaban J connectivity index is 1.19. The van der Waals surface area contributed by atoms with Gasteiger partial charge in [-0.2, -0.15) is 0 Å². The quantitative estimate of drug-likeness (QED) is 0.0751. The molecule has 0 saturated carbocycles. The molecule has 10 nitrogen and oxygen atoms in total. The molecule has 0 bridgehead atoms.